The number of nitrogens with one attached hydrogen (secondary N) is 1. The van der Waals surface area contributed by atoms with Crippen molar-refractivity contribution in [3.63, 3.8) is 0 Å². The summed E-state index contributed by atoms with van der Waals surface area (Å²) in [5.74, 6) is -1.48. The number of aryl methyl sites for hydroxylation is 2. The van der Waals surface area contributed by atoms with E-state index in [-0.39, 0.29) is 23.8 Å². The van der Waals surface area contributed by atoms with Gasteiger partial charge in [0.05, 0.1) is 27.4 Å². The summed E-state index contributed by atoms with van der Waals surface area (Å²) >= 11 is 1.39. The molecule has 3 heterocycles. The molecule has 0 spiro atoms. The molecule has 0 unspecified atom stereocenters. The molecule has 8 heteroatoms. The van der Waals surface area contributed by atoms with Crippen LogP contribution in [0, 0.1) is 6.92 Å². The Balaban J connectivity index is 1.52. The third-order valence-corrected chi connectivity index (χ3v) is 6.71. The fraction of sp³-hybridized carbons (Fsp3) is 0.217. The van der Waals surface area contributed by atoms with Gasteiger partial charge in [-0.05, 0) is 43.2 Å². The molecule has 2 aromatic carbocycles. The first-order valence-corrected chi connectivity index (χ1v) is 10.9. The molecule has 1 aliphatic heterocycles. The van der Waals surface area contributed by atoms with E-state index in [0.717, 1.165) is 22.2 Å². The monoisotopic (exact) mass is 432 g/mol. The quantitative estimate of drug-likeness (QED) is 0.498. The topological polar surface area (TPSA) is 88.1 Å². The van der Waals surface area contributed by atoms with Crippen molar-refractivity contribution in [3.05, 3.63) is 75.7 Å². The number of thiazole rings is 1. The maximum atomic E-state index is 13.2. The van der Waals surface area contributed by atoms with Crippen LogP contribution >= 0.6 is 11.3 Å². The Morgan fingerprint density at radius 3 is 2.55 bits per heavy atom. The number of benzene rings is 2. The lowest BCUT2D eigenvalue weighted by Crippen LogP contribution is -2.31. The molecule has 1 fully saturated rings. The van der Waals surface area contributed by atoms with E-state index in [1.54, 1.807) is 19.1 Å². The lowest BCUT2D eigenvalue weighted by molar-refractivity contribution is -0.121. The van der Waals surface area contributed by atoms with Crippen molar-refractivity contribution < 1.29 is 9.59 Å². The molecule has 1 saturated heterocycles. The van der Waals surface area contributed by atoms with Gasteiger partial charge in [-0.15, -0.1) is 0 Å². The third-order valence-electron chi connectivity index (χ3n) is 5.69. The lowest BCUT2D eigenvalue weighted by atomic mass is 9.98. The molecule has 7 nitrogen and oxygen atoms in total. The molecule has 1 aliphatic rings. The van der Waals surface area contributed by atoms with Gasteiger partial charge in [0, 0.05) is 12.1 Å². The van der Waals surface area contributed by atoms with E-state index in [2.05, 4.69) is 10.1 Å². The fourth-order valence-corrected chi connectivity index (χ4v) is 5.00. The number of hydrogen-bond acceptors (Lipinski definition) is 5. The van der Waals surface area contributed by atoms with Crippen LogP contribution < -0.4 is 10.5 Å². The number of para-hydroxylation sites is 1. The van der Waals surface area contributed by atoms with Gasteiger partial charge in [-0.3, -0.25) is 24.4 Å². The number of aromatic amines is 1. The van der Waals surface area contributed by atoms with Gasteiger partial charge in [0.2, 0.25) is 16.9 Å². The van der Waals surface area contributed by atoms with Gasteiger partial charge < -0.3 is 0 Å². The van der Waals surface area contributed by atoms with Crippen LogP contribution in [0.1, 0.15) is 36.1 Å². The lowest BCUT2D eigenvalue weighted by Gasteiger charge is -2.15. The molecule has 156 valence electrons. The summed E-state index contributed by atoms with van der Waals surface area (Å²) in [4.78, 5) is 44.9. The summed E-state index contributed by atoms with van der Waals surface area (Å²) in [7, 11) is 0. The van der Waals surface area contributed by atoms with Crippen molar-refractivity contribution in [1.29, 1.82) is 0 Å². The van der Waals surface area contributed by atoms with Gasteiger partial charge in [-0.2, -0.15) is 4.68 Å². The minimum atomic E-state index is -0.808. The summed E-state index contributed by atoms with van der Waals surface area (Å²) in [6, 6.07) is 15.0. The summed E-state index contributed by atoms with van der Waals surface area (Å²) in [5.41, 5.74) is 3.01. The second-order valence-electron chi connectivity index (χ2n) is 7.60. The minimum absolute atomic E-state index is 0.0257. The molecular formula is C23H20N4O3S. The van der Waals surface area contributed by atoms with Crippen LogP contribution in [-0.4, -0.2) is 26.6 Å². The van der Waals surface area contributed by atoms with E-state index in [0.29, 0.717) is 22.1 Å². The zero-order valence-electron chi connectivity index (χ0n) is 17.1. The van der Waals surface area contributed by atoms with Crippen LogP contribution in [0.5, 0.6) is 0 Å². The second kappa shape index (κ2) is 7.31. The zero-order chi connectivity index (χ0) is 21.7. The van der Waals surface area contributed by atoms with Gasteiger partial charge in [-0.1, -0.05) is 42.5 Å². The standard InChI is InChI=1S/C23H20N4O3S/c1-3-14-8-10-15(11-9-14)26-19(28)12-16(21(26)29)20-13(2)25-27(22(20)30)23-24-17-6-4-5-7-18(17)31-23/h4-11,16,25H,3,12H2,1-2H3/t16-/m0/s1. The van der Waals surface area contributed by atoms with Crippen LogP contribution in [0.15, 0.2) is 53.3 Å². The summed E-state index contributed by atoms with van der Waals surface area (Å²) in [6.07, 6.45) is 0.848. The molecule has 0 bridgehead atoms. The predicted molar refractivity (Wildman–Crippen MR) is 120 cm³/mol. The van der Waals surface area contributed by atoms with Crippen molar-refractivity contribution in [2.75, 3.05) is 4.90 Å². The van der Waals surface area contributed by atoms with E-state index in [4.69, 9.17) is 0 Å². The Hall–Kier alpha value is -3.52. The molecule has 0 radical (unpaired) electrons. The third kappa shape index (κ3) is 3.11. The summed E-state index contributed by atoms with van der Waals surface area (Å²) in [5, 5.41) is 3.55. The molecule has 4 aromatic rings. The van der Waals surface area contributed by atoms with Gasteiger partial charge in [0.25, 0.3) is 5.56 Å². The number of anilines is 1. The highest BCUT2D eigenvalue weighted by Gasteiger charge is 2.43. The van der Waals surface area contributed by atoms with Crippen LogP contribution in [0.2, 0.25) is 0 Å². The van der Waals surface area contributed by atoms with Crippen molar-refractivity contribution in [2.24, 2.45) is 0 Å². The molecule has 0 aliphatic carbocycles. The number of amides is 2. The number of rotatable bonds is 4. The number of hydrogen-bond donors (Lipinski definition) is 1. The highest BCUT2D eigenvalue weighted by Crippen LogP contribution is 2.33. The van der Waals surface area contributed by atoms with E-state index < -0.39 is 5.92 Å². The molecule has 5 rings (SSSR count). The average Bonchev–Trinajstić information content (AvgIpc) is 3.41. The van der Waals surface area contributed by atoms with Crippen molar-refractivity contribution >= 4 is 39.1 Å². The number of carbonyl (C=O) groups excluding carboxylic acids is 2. The maximum Gasteiger partial charge on any atom is 0.277 e. The molecular weight excluding hydrogens is 412 g/mol. The minimum Gasteiger partial charge on any atom is -0.293 e. The normalized spacial score (nSPS) is 16.6. The fourth-order valence-electron chi connectivity index (χ4n) is 4.07. The van der Waals surface area contributed by atoms with Crippen molar-refractivity contribution in [1.82, 2.24) is 14.8 Å². The molecule has 2 amide bonds. The van der Waals surface area contributed by atoms with Crippen LogP contribution in [-0.2, 0) is 16.0 Å². The number of H-pyrrole nitrogens is 1. The molecule has 1 atom stereocenters. The average molecular weight is 433 g/mol. The highest BCUT2D eigenvalue weighted by atomic mass is 32.1. The number of fused-ring (bicyclic) bond motifs is 1. The van der Waals surface area contributed by atoms with E-state index in [1.165, 1.54) is 20.9 Å². The molecule has 0 saturated carbocycles. The van der Waals surface area contributed by atoms with E-state index >= 15 is 0 Å². The number of imide groups is 1. The summed E-state index contributed by atoms with van der Waals surface area (Å²) in [6.45, 7) is 3.79. The van der Waals surface area contributed by atoms with Crippen molar-refractivity contribution in [2.45, 2.75) is 32.6 Å². The predicted octanol–water partition coefficient (Wildman–Crippen LogP) is 3.69. The van der Waals surface area contributed by atoms with Crippen molar-refractivity contribution in [3.8, 4) is 5.13 Å². The van der Waals surface area contributed by atoms with Crippen LogP contribution in [0.25, 0.3) is 15.3 Å². The number of aromatic nitrogens is 3. The van der Waals surface area contributed by atoms with E-state index in [9.17, 15) is 14.4 Å². The number of nitrogens with zero attached hydrogens (tertiary/aromatic N) is 3. The molecule has 1 N–H and O–H groups in total. The molecule has 2 aromatic heterocycles. The first-order valence-electron chi connectivity index (χ1n) is 10.1. The smallest absolute Gasteiger partial charge is 0.277 e. The largest absolute Gasteiger partial charge is 0.293 e. The zero-order valence-corrected chi connectivity index (χ0v) is 17.9. The second-order valence-corrected chi connectivity index (χ2v) is 8.61. The Morgan fingerprint density at radius 1 is 1.10 bits per heavy atom. The van der Waals surface area contributed by atoms with Gasteiger partial charge in [-0.25, -0.2) is 4.98 Å². The summed E-state index contributed by atoms with van der Waals surface area (Å²) < 4.78 is 2.33. The van der Waals surface area contributed by atoms with Crippen LogP contribution in [0.3, 0.4) is 0 Å². The van der Waals surface area contributed by atoms with Crippen LogP contribution in [0.4, 0.5) is 5.69 Å². The maximum absolute atomic E-state index is 13.2. The Labute approximate surface area is 181 Å². The Bertz CT molecular complexity index is 1350. The Morgan fingerprint density at radius 2 is 1.84 bits per heavy atom. The highest BCUT2D eigenvalue weighted by molar-refractivity contribution is 7.20. The SMILES string of the molecule is CCc1ccc(N2C(=O)C[C@@H](c3c(C)[nH]n(-c4nc5ccccc5s4)c3=O)C2=O)cc1. The van der Waals surface area contributed by atoms with Gasteiger partial charge >= 0.3 is 0 Å². The first kappa shape index (κ1) is 19.4. The van der Waals surface area contributed by atoms with Gasteiger partial charge in [0.15, 0.2) is 0 Å². The number of carbonyl (C=O) groups is 2. The van der Waals surface area contributed by atoms with E-state index in [1.807, 2.05) is 43.3 Å². The van der Waals surface area contributed by atoms with Gasteiger partial charge in [0.1, 0.15) is 0 Å². The Kier molecular flexibility index (Phi) is 4.59. The first-order chi connectivity index (χ1) is 15.0. The molecule has 31 heavy (non-hydrogen) atoms.